The van der Waals surface area contributed by atoms with E-state index in [1.165, 1.54) is 49.8 Å². The highest BCUT2D eigenvalue weighted by Crippen LogP contribution is 2.59. The summed E-state index contributed by atoms with van der Waals surface area (Å²) in [6, 6.07) is 8.50. The number of carbonyl (C=O) groups excluding carboxylic acids is 1. The van der Waals surface area contributed by atoms with Crippen LogP contribution in [0.3, 0.4) is 0 Å². The van der Waals surface area contributed by atoms with Gasteiger partial charge in [0.25, 0.3) is 0 Å². The maximum Gasteiger partial charge on any atom is 0.239 e. The lowest BCUT2D eigenvalue weighted by Gasteiger charge is -2.56. The highest BCUT2D eigenvalue weighted by molar-refractivity contribution is 5.82. The number of rotatable bonds is 4. The third-order valence-corrected chi connectivity index (χ3v) is 7.14. The molecule has 0 unspecified atom stereocenters. The van der Waals surface area contributed by atoms with Crippen LogP contribution in [0.5, 0.6) is 0 Å². The smallest absolute Gasteiger partial charge is 0.239 e. The molecule has 4 saturated carbocycles. The standard InChI is InChI=1S/C21H28N2O/c24-20(13-23-6-5-18-3-1-2-4-19(18)23)22-14-21-10-15-7-16(11-21)9-17(8-15)12-21/h1-4,15-17H,5-14H2,(H,22,24). The van der Waals surface area contributed by atoms with Gasteiger partial charge in [-0.3, -0.25) is 4.79 Å². The molecule has 4 aliphatic carbocycles. The maximum atomic E-state index is 12.5. The zero-order chi connectivity index (χ0) is 16.1. The average molecular weight is 324 g/mol. The van der Waals surface area contributed by atoms with E-state index in [0.29, 0.717) is 12.0 Å². The summed E-state index contributed by atoms with van der Waals surface area (Å²) in [5.74, 6) is 3.08. The molecule has 1 heterocycles. The lowest BCUT2D eigenvalue weighted by Crippen LogP contribution is -2.52. The monoisotopic (exact) mass is 324 g/mol. The second kappa shape index (κ2) is 5.50. The Morgan fingerprint density at radius 1 is 1.08 bits per heavy atom. The molecule has 3 nitrogen and oxygen atoms in total. The van der Waals surface area contributed by atoms with Gasteiger partial charge in [-0.15, -0.1) is 0 Å². The largest absolute Gasteiger partial charge is 0.362 e. The van der Waals surface area contributed by atoms with Gasteiger partial charge in [-0.2, -0.15) is 0 Å². The second-order valence-corrected chi connectivity index (χ2v) is 8.99. The van der Waals surface area contributed by atoms with Crippen molar-refractivity contribution in [2.75, 3.05) is 24.5 Å². The highest BCUT2D eigenvalue weighted by atomic mass is 16.2. The van der Waals surface area contributed by atoms with Crippen molar-refractivity contribution in [3.05, 3.63) is 29.8 Å². The third kappa shape index (κ3) is 2.53. The molecular formula is C21H28N2O. The molecule has 0 radical (unpaired) electrons. The first-order chi connectivity index (χ1) is 11.7. The molecule has 5 aliphatic rings. The molecule has 4 fully saturated rings. The van der Waals surface area contributed by atoms with Gasteiger partial charge in [0.15, 0.2) is 0 Å². The van der Waals surface area contributed by atoms with Crippen LogP contribution in [0.25, 0.3) is 0 Å². The Balaban J connectivity index is 1.20. The summed E-state index contributed by atoms with van der Waals surface area (Å²) in [7, 11) is 0. The summed E-state index contributed by atoms with van der Waals surface area (Å²) in [6.07, 6.45) is 9.58. The molecule has 1 amide bonds. The molecule has 0 aromatic heterocycles. The Hall–Kier alpha value is -1.51. The van der Waals surface area contributed by atoms with Crippen LogP contribution in [0, 0.1) is 23.2 Å². The second-order valence-electron chi connectivity index (χ2n) is 8.99. The van der Waals surface area contributed by atoms with Crippen molar-refractivity contribution < 1.29 is 4.79 Å². The molecule has 1 N–H and O–H groups in total. The first kappa shape index (κ1) is 14.8. The average Bonchev–Trinajstić information content (AvgIpc) is 2.95. The molecule has 0 saturated heterocycles. The molecule has 24 heavy (non-hydrogen) atoms. The van der Waals surface area contributed by atoms with Crippen molar-refractivity contribution >= 4 is 11.6 Å². The van der Waals surface area contributed by atoms with Gasteiger partial charge in [0.2, 0.25) is 5.91 Å². The molecule has 0 spiro atoms. The van der Waals surface area contributed by atoms with Gasteiger partial charge in [0.1, 0.15) is 0 Å². The molecule has 1 aromatic carbocycles. The fourth-order valence-electron chi connectivity index (χ4n) is 6.59. The van der Waals surface area contributed by atoms with E-state index in [0.717, 1.165) is 37.3 Å². The van der Waals surface area contributed by atoms with Crippen LogP contribution in [0.4, 0.5) is 5.69 Å². The van der Waals surface area contributed by atoms with E-state index in [1.54, 1.807) is 0 Å². The zero-order valence-electron chi connectivity index (χ0n) is 14.5. The summed E-state index contributed by atoms with van der Waals surface area (Å²) in [4.78, 5) is 14.8. The molecule has 0 atom stereocenters. The number of hydrogen-bond donors (Lipinski definition) is 1. The van der Waals surface area contributed by atoms with Crippen molar-refractivity contribution in [3.8, 4) is 0 Å². The first-order valence-corrected chi connectivity index (χ1v) is 9.79. The number of nitrogens with zero attached hydrogens (tertiary/aromatic N) is 1. The van der Waals surface area contributed by atoms with Crippen LogP contribution in [0.15, 0.2) is 24.3 Å². The summed E-state index contributed by atoms with van der Waals surface area (Å²) in [5.41, 5.74) is 3.07. The van der Waals surface area contributed by atoms with Crippen molar-refractivity contribution in [1.29, 1.82) is 0 Å². The minimum absolute atomic E-state index is 0.211. The number of fused-ring (bicyclic) bond motifs is 1. The Bertz CT molecular complexity index is 618. The lowest BCUT2D eigenvalue weighted by atomic mass is 9.49. The molecule has 1 aromatic rings. The third-order valence-electron chi connectivity index (χ3n) is 7.14. The fraction of sp³-hybridized carbons (Fsp3) is 0.667. The molecule has 4 bridgehead atoms. The van der Waals surface area contributed by atoms with Crippen LogP contribution >= 0.6 is 0 Å². The molecule has 3 heteroatoms. The van der Waals surface area contributed by atoms with Crippen molar-refractivity contribution in [1.82, 2.24) is 5.32 Å². The Labute approximate surface area is 144 Å². The van der Waals surface area contributed by atoms with Crippen LogP contribution in [0.1, 0.15) is 44.1 Å². The molecule has 128 valence electrons. The predicted molar refractivity (Wildman–Crippen MR) is 96.0 cm³/mol. The van der Waals surface area contributed by atoms with Crippen molar-refractivity contribution in [3.63, 3.8) is 0 Å². The molecule has 1 aliphatic heterocycles. The number of benzene rings is 1. The van der Waals surface area contributed by atoms with E-state index in [1.807, 2.05) is 0 Å². The van der Waals surface area contributed by atoms with Gasteiger partial charge in [-0.05, 0) is 79.7 Å². The molecule has 6 rings (SSSR count). The van der Waals surface area contributed by atoms with E-state index >= 15 is 0 Å². The van der Waals surface area contributed by atoms with Crippen molar-refractivity contribution in [2.24, 2.45) is 23.2 Å². The summed E-state index contributed by atoms with van der Waals surface area (Å²) in [6.45, 7) is 2.42. The maximum absolute atomic E-state index is 12.5. The minimum Gasteiger partial charge on any atom is -0.362 e. The van der Waals surface area contributed by atoms with Gasteiger partial charge in [-0.25, -0.2) is 0 Å². The number of para-hydroxylation sites is 1. The van der Waals surface area contributed by atoms with E-state index < -0.39 is 0 Å². The van der Waals surface area contributed by atoms with Crippen LogP contribution in [-0.4, -0.2) is 25.5 Å². The topological polar surface area (TPSA) is 32.3 Å². The normalized spacial score (nSPS) is 36.0. The van der Waals surface area contributed by atoms with E-state index in [4.69, 9.17) is 0 Å². The van der Waals surface area contributed by atoms with E-state index in [9.17, 15) is 4.79 Å². The highest BCUT2D eigenvalue weighted by Gasteiger charge is 2.50. The van der Waals surface area contributed by atoms with Gasteiger partial charge in [-0.1, -0.05) is 18.2 Å². The fourth-order valence-corrected chi connectivity index (χ4v) is 6.59. The molecular weight excluding hydrogens is 296 g/mol. The van der Waals surface area contributed by atoms with Gasteiger partial charge < -0.3 is 10.2 Å². The van der Waals surface area contributed by atoms with E-state index in [2.05, 4.69) is 34.5 Å². The Morgan fingerprint density at radius 3 is 2.46 bits per heavy atom. The van der Waals surface area contributed by atoms with Crippen LogP contribution in [-0.2, 0) is 11.2 Å². The number of nitrogens with one attached hydrogen (secondary N) is 1. The number of carbonyl (C=O) groups is 1. The zero-order valence-corrected chi connectivity index (χ0v) is 14.5. The van der Waals surface area contributed by atoms with Crippen LogP contribution < -0.4 is 10.2 Å². The summed E-state index contributed by atoms with van der Waals surface area (Å²) < 4.78 is 0. The number of amides is 1. The Morgan fingerprint density at radius 2 is 1.75 bits per heavy atom. The Kier molecular flexibility index (Phi) is 3.39. The van der Waals surface area contributed by atoms with E-state index in [-0.39, 0.29) is 5.91 Å². The summed E-state index contributed by atoms with van der Waals surface area (Å²) in [5, 5.41) is 3.32. The SMILES string of the molecule is O=C(CN1CCc2ccccc21)NCC12CC3CC(CC(C3)C1)C2. The predicted octanol–water partition coefficient (Wildman–Crippen LogP) is 3.38. The van der Waals surface area contributed by atoms with Gasteiger partial charge in [0.05, 0.1) is 6.54 Å². The quantitative estimate of drug-likeness (QED) is 0.921. The van der Waals surface area contributed by atoms with Crippen LogP contribution in [0.2, 0.25) is 0 Å². The lowest BCUT2D eigenvalue weighted by molar-refractivity contribution is -0.122. The van der Waals surface area contributed by atoms with Gasteiger partial charge in [0, 0.05) is 18.8 Å². The summed E-state index contributed by atoms with van der Waals surface area (Å²) >= 11 is 0. The van der Waals surface area contributed by atoms with Crippen molar-refractivity contribution in [2.45, 2.75) is 44.9 Å². The number of hydrogen-bond acceptors (Lipinski definition) is 2. The first-order valence-electron chi connectivity index (χ1n) is 9.79. The van der Waals surface area contributed by atoms with Gasteiger partial charge >= 0.3 is 0 Å². The minimum atomic E-state index is 0.211. The number of anilines is 1.